The van der Waals surface area contributed by atoms with Gasteiger partial charge in [-0.15, -0.1) is 11.3 Å². The largest absolute Gasteiger partial charge is 0.444 e. The number of aromatic nitrogens is 1. The maximum absolute atomic E-state index is 11.7. The van der Waals surface area contributed by atoms with Gasteiger partial charge in [0.05, 0.1) is 20.2 Å². The Balaban J connectivity index is 0.000000760. The van der Waals surface area contributed by atoms with Crippen LogP contribution in [0.4, 0.5) is 9.59 Å². The Kier molecular flexibility index (Phi) is 26.2. The predicted octanol–water partition coefficient (Wildman–Crippen LogP) is 8.25. The lowest BCUT2D eigenvalue weighted by Crippen LogP contribution is -2.42. The average Bonchev–Trinajstić information content (AvgIpc) is 3.63. The third-order valence-electron chi connectivity index (χ3n) is 8.25. The number of halogens is 1. The zero-order valence-electron chi connectivity index (χ0n) is 35.0. The van der Waals surface area contributed by atoms with Crippen molar-refractivity contribution >= 4 is 66.8 Å². The summed E-state index contributed by atoms with van der Waals surface area (Å²) in [6, 6.07) is 6.42. The molecule has 7 N–H and O–H groups in total. The van der Waals surface area contributed by atoms with Crippen molar-refractivity contribution in [3.05, 3.63) is 46.4 Å². The van der Waals surface area contributed by atoms with Crippen LogP contribution in [0.25, 0.3) is 0 Å². The summed E-state index contributed by atoms with van der Waals surface area (Å²) in [5.41, 5.74) is 5.70. The van der Waals surface area contributed by atoms with Crippen molar-refractivity contribution in [1.82, 2.24) is 15.6 Å². The molecule has 0 spiro atoms. The summed E-state index contributed by atoms with van der Waals surface area (Å²) >= 11 is 9.98. The van der Waals surface area contributed by atoms with Gasteiger partial charge in [0, 0.05) is 48.7 Å². The third-order valence-corrected chi connectivity index (χ3v) is 10.9. The van der Waals surface area contributed by atoms with Crippen molar-refractivity contribution in [3.63, 3.8) is 0 Å². The number of thiazole rings is 1. The first kappa shape index (κ1) is 54.6. The number of benzene rings is 1. The van der Waals surface area contributed by atoms with Gasteiger partial charge in [-0.25, -0.2) is 14.6 Å². The third kappa shape index (κ3) is 25.6. The van der Waals surface area contributed by atoms with Crippen molar-refractivity contribution in [2.75, 3.05) is 18.5 Å². The quantitative estimate of drug-likeness (QED) is 0.0766. The first-order valence-corrected chi connectivity index (χ1v) is 22.9. The first-order valence-electron chi connectivity index (χ1n) is 19.1. The highest BCUT2D eigenvalue weighted by Crippen LogP contribution is 2.34. The van der Waals surface area contributed by atoms with Gasteiger partial charge >= 0.3 is 12.2 Å². The molecule has 1 aromatic heterocycles. The zero-order valence-corrected chi connectivity index (χ0v) is 39.0. The van der Waals surface area contributed by atoms with Crippen molar-refractivity contribution in [3.8, 4) is 0 Å². The number of aryl methyl sites for hydroxylation is 1. The summed E-state index contributed by atoms with van der Waals surface area (Å²) < 4.78 is 50.4. The molecule has 14 nitrogen and oxygen atoms in total. The number of nitrogens with two attached hydrogens (primary N) is 1. The van der Waals surface area contributed by atoms with Gasteiger partial charge in [0.25, 0.3) is 10.1 Å². The molecule has 0 radical (unpaired) electrons. The van der Waals surface area contributed by atoms with E-state index >= 15 is 0 Å². The molecule has 18 heteroatoms. The van der Waals surface area contributed by atoms with Gasteiger partial charge in [0.2, 0.25) is 0 Å². The van der Waals surface area contributed by atoms with Crippen LogP contribution in [0, 0.1) is 12.8 Å². The minimum Gasteiger partial charge on any atom is -0.444 e. The minimum atomic E-state index is -4.02. The second-order valence-electron chi connectivity index (χ2n) is 15.4. The highest BCUT2D eigenvalue weighted by Gasteiger charge is 2.27. The Morgan fingerprint density at radius 3 is 1.67 bits per heavy atom. The Morgan fingerprint density at radius 1 is 0.895 bits per heavy atom. The Morgan fingerprint density at radius 2 is 1.33 bits per heavy atom. The molecular weight excluding hydrogens is 861 g/mol. The van der Waals surface area contributed by atoms with Crippen LogP contribution in [0.15, 0.2) is 40.7 Å². The molecule has 0 unspecified atom stereocenters. The molecule has 2 saturated carbocycles. The predicted molar refractivity (Wildman–Crippen MR) is 234 cm³/mol. The van der Waals surface area contributed by atoms with E-state index in [1.165, 1.54) is 17.1 Å². The van der Waals surface area contributed by atoms with Crippen molar-refractivity contribution in [1.29, 1.82) is 0 Å². The Bertz CT molecular complexity index is 1510. The van der Waals surface area contributed by atoms with E-state index in [9.17, 15) is 18.0 Å². The summed E-state index contributed by atoms with van der Waals surface area (Å²) in [6.45, 7) is 18.4. The van der Waals surface area contributed by atoms with Crippen LogP contribution in [0.3, 0.4) is 0 Å². The van der Waals surface area contributed by atoms with Crippen LogP contribution in [-0.2, 0) is 29.1 Å². The molecule has 2 aromatic rings. The number of hydrogen-bond donors (Lipinski definition) is 4. The zero-order chi connectivity index (χ0) is 42.5. The molecule has 4 rings (SSSR count). The molecule has 57 heavy (non-hydrogen) atoms. The van der Waals surface area contributed by atoms with E-state index in [1.54, 1.807) is 23.5 Å². The first-order chi connectivity index (χ1) is 26.1. The topological polar surface area (TPSA) is 220 Å². The van der Waals surface area contributed by atoms with Crippen molar-refractivity contribution in [2.45, 2.75) is 154 Å². The molecule has 2 fully saturated rings. The lowest BCUT2D eigenvalue weighted by atomic mass is 9.86. The van der Waals surface area contributed by atoms with E-state index in [1.807, 2.05) is 73.9 Å². The SMILES string of the molecule is CC(C)(C)OC(=O)NC1CCC(C(N)=S)CC1.CC(C)(C)OC(=O)NC1CCC(c2nccs2)CC1.CCOC(CBr)OCC.Cc1ccc(S(=O)(=O)O)cc1.O. The summed E-state index contributed by atoms with van der Waals surface area (Å²) in [5, 5.41) is 9.86. The second-order valence-corrected chi connectivity index (χ2v) is 18.9. The monoisotopic (exact) mass is 926 g/mol. The number of nitrogens with zero attached hydrogens (tertiary/aromatic N) is 1. The summed E-state index contributed by atoms with van der Waals surface area (Å²) in [7, 11) is -4.02. The lowest BCUT2D eigenvalue weighted by Gasteiger charge is -2.29. The number of thiocarbonyl (C=S) groups is 1. The minimum absolute atomic E-state index is 0. The van der Waals surface area contributed by atoms with Gasteiger partial charge in [-0.1, -0.05) is 45.8 Å². The van der Waals surface area contributed by atoms with Gasteiger partial charge in [0.15, 0.2) is 6.29 Å². The van der Waals surface area contributed by atoms with Crippen LogP contribution in [0.2, 0.25) is 0 Å². The van der Waals surface area contributed by atoms with E-state index in [-0.39, 0.29) is 40.9 Å². The number of amides is 2. The maximum Gasteiger partial charge on any atom is 0.407 e. The van der Waals surface area contributed by atoms with E-state index in [4.69, 9.17) is 41.5 Å². The fourth-order valence-corrected chi connectivity index (χ4v) is 7.51. The number of rotatable bonds is 10. The van der Waals surface area contributed by atoms with E-state index < -0.39 is 21.3 Å². The van der Waals surface area contributed by atoms with Crippen LogP contribution < -0.4 is 16.4 Å². The number of carbonyl (C=O) groups is 2. The normalized spacial score (nSPS) is 19.4. The molecule has 0 atom stereocenters. The van der Waals surface area contributed by atoms with E-state index in [0.29, 0.717) is 30.0 Å². The number of carbonyl (C=O) groups excluding carboxylic acids is 2. The van der Waals surface area contributed by atoms with Crippen LogP contribution in [0.5, 0.6) is 0 Å². The van der Waals surface area contributed by atoms with Crippen molar-refractivity contribution < 1.29 is 47.0 Å². The number of hydrogen-bond acceptors (Lipinski definition) is 11. The summed E-state index contributed by atoms with van der Waals surface area (Å²) in [6.07, 6.45) is 9.09. The van der Waals surface area contributed by atoms with E-state index in [2.05, 4.69) is 31.5 Å². The maximum atomic E-state index is 11.7. The Hall–Kier alpha value is -2.45. The Labute approximate surface area is 358 Å². The number of ether oxygens (including phenoxy) is 4. The molecule has 0 saturated heterocycles. The summed E-state index contributed by atoms with van der Waals surface area (Å²) in [4.78, 5) is 28.2. The van der Waals surface area contributed by atoms with E-state index in [0.717, 1.165) is 62.3 Å². The van der Waals surface area contributed by atoms with Gasteiger partial charge in [-0.05, 0) is 126 Å². The molecule has 1 heterocycles. The molecule has 2 amide bonds. The van der Waals surface area contributed by atoms with Gasteiger partial charge in [-0.2, -0.15) is 8.42 Å². The van der Waals surface area contributed by atoms with Crippen LogP contribution in [0.1, 0.15) is 123 Å². The fraction of sp³-hybridized carbons (Fsp3) is 0.692. The molecule has 2 aliphatic rings. The second kappa shape index (κ2) is 27.3. The molecule has 0 bridgehead atoms. The van der Waals surface area contributed by atoms with Crippen LogP contribution >= 0.6 is 39.5 Å². The number of nitrogens with one attached hydrogen (secondary N) is 2. The fourth-order valence-electron chi connectivity index (χ4n) is 5.61. The van der Waals surface area contributed by atoms with Crippen molar-refractivity contribution in [2.24, 2.45) is 11.7 Å². The smallest absolute Gasteiger partial charge is 0.407 e. The number of alkyl halides is 1. The lowest BCUT2D eigenvalue weighted by molar-refractivity contribution is -0.119. The summed E-state index contributed by atoms with van der Waals surface area (Å²) in [5.74, 6) is 0.901. The molecule has 2 aliphatic carbocycles. The molecule has 328 valence electrons. The molecule has 1 aromatic carbocycles. The van der Waals surface area contributed by atoms with Gasteiger partial charge in [-0.3, -0.25) is 4.55 Å². The van der Waals surface area contributed by atoms with Gasteiger partial charge < -0.3 is 40.8 Å². The number of alkyl carbamates (subject to hydrolysis) is 2. The highest BCUT2D eigenvalue weighted by molar-refractivity contribution is 9.09. The highest BCUT2D eigenvalue weighted by atomic mass is 79.9. The van der Waals surface area contributed by atoms with Gasteiger partial charge in [0.1, 0.15) is 11.2 Å². The molecular formula is C39H67BrN4O10S3. The molecule has 0 aliphatic heterocycles. The standard InChI is InChI=1S/C14H22N2O2S.C12H22N2O2S.C7H8O3S.C6H13BrO2.H2O/c1-14(2,3)18-13(17)16-11-6-4-10(5-7-11)12-15-8-9-19-12;1-12(2,3)16-11(15)14-9-6-4-8(5-7-9)10(13)17;1-6-2-4-7(5-3-6)11(8,9)10;1-3-8-6(5-7)9-4-2;/h8-11H,4-7H2,1-3H3,(H,16,17);8-9H,4-7H2,1-3H3,(H2,13,17)(H,14,15);2-5H,1H3,(H,8,9,10);6H,3-5H2,1-2H3;1H2. The average molecular weight is 928 g/mol. The van der Waals surface area contributed by atoms with Crippen LogP contribution in [-0.4, -0.2) is 88.7 Å².